The minimum Gasteiger partial charge on any atom is -0.322 e. The van der Waals surface area contributed by atoms with Gasteiger partial charge in [-0.1, -0.05) is 6.07 Å². The van der Waals surface area contributed by atoms with E-state index in [9.17, 15) is 13.6 Å². The molecule has 1 heterocycles. The van der Waals surface area contributed by atoms with Crippen LogP contribution < -0.4 is 5.32 Å². The first-order valence-electron chi connectivity index (χ1n) is 7.78. The number of hydrogen-bond acceptors (Lipinski definition) is 4. The Morgan fingerprint density at radius 3 is 2.31 bits per heavy atom. The van der Waals surface area contributed by atoms with Crippen LogP contribution in [0, 0.1) is 25.5 Å². The fourth-order valence-corrected chi connectivity index (χ4v) is 3.19. The summed E-state index contributed by atoms with van der Waals surface area (Å²) >= 11 is 1.40. The Kier molecular flexibility index (Phi) is 5.27. The number of aromatic nitrogens is 2. The minimum absolute atomic E-state index is 0.341. The molecule has 0 aliphatic carbocycles. The third kappa shape index (κ3) is 4.23. The Hall–Kier alpha value is -2.80. The number of hydrogen-bond donors (Lipinski definition) is 1. The van der Waals surface area contributed by atoms with Gasteiger partial charge in [0.2, 0.25) is 0 Å². The Morgan fingerprint density at radius 1 is 1.00 bits per heavy atom. The van der Waals surface area contributed by atoms with Crippen molar-refractivity contribution in [3.63, 3.8) is 0 Å². The summed E-state index contributed by atoms with van der Waals surface area (Å²) in [6, 6.07) is 12.3. The van der Waals surface area contributed by atoms with Crippen molar-refractivity contribution in [1.29, 1.82) is 0 Å². The van der Waals surface area contributed by atoms with Crippen molar-refractivity contribution in [2.75, 3.05) is 5.32 Å². The number of nitrogens with one attached hydrogen (secondary N) is 1. The summed E-state index contributed by atoms with van der Waals surface area (Å²) in [6.07, 6.45) is 0. The van der Waals surface area contributed by atoms with Crippen molar-refractivity contribution in [2.24, 2.45) is 0 Å². The highest BCUT2D eigenvalue weighted by atomic mass is 32.2. The molecule has 0 aliphatic heterocycles. The summed E-state index contributed by atoms with van der Waals surface area (Å²) in [6.45, 7) is 3.81. The van der Waals surface area contributed by atoms with E-state index < -0.39 is 17.5 Å². The number of halogens is 2. The van der Waals surface area contributed by atoms with Gasteiger partial charge < -0.3 is 5.32 Å². The summed E-state index contributed by atoms with van der Waals surface area (Å²) in [7, 11) is 0. The van der Waals surface area contributed by atoms with Crippen molar-refractivity contribution in [3.8, 4) is 0 Å². The maximum atomic E-state index is 13.7. The average molecular weight is 371 g/mol. The maximum Gasteiger partial charge on any atom is 0.258 e. The zero-order valence-electron chi connectivity index (χ0n) is 14.1. The molecule has 0 radical (unpaired) electrons. The van der Waals surface area contributed by atoms with Crippen molar-refractivity contribution in [1.82, 2.24) is 9.97 Å². The van der Waals surface area contributed by atoms with Crippen LogP contribution in [0.4, 0.5) is 14.5 Å². The fourth-order valence-electron chi connectivity index (χ4n) is 2.33. The van der Waals surface area contributed by atoms with Crippen LogP contribution in [0.25, 0.3) is 0 Å². The zero-order chi connectivity index (χ0) is 18.7. The van der Waals surface area contributed by atoms with Gasteiger partial charge in [-0.05, 0) is 68.1 Å². The molecule has 1 amide bonds. The van der Waals surface area contributed by atoms with Crippen molar-refractivity contribution in [2.45, 2.75) is 23.9 Å². The third-order valence-corrected chi connectivity index (χ3v) is 4.35. The van der Waals surface area contributed by atoms with E-state index in [1.807, 2.05) is 19.9 Å². The fraction of sp³-hybridized carbons (Fsp3) is 0.105. The average Bonchev–Trinajstić information content (AvgIpc) is 2.58. The lowest BCUT2D eigenvalue weighted by Crippen LogP contribution is -2.14. The molecule has 4 nitrogen and oxygen atoms in total. The predicted molar refractivity (Wildman–Crippen MR) is 96.4 cm³/mol. The van der Waals surface area contributed by atoms with Crippen molar-refractivity contribution in [3.05, 3.63) is 77.1 Å². The Morgan fingerprint density at radius 2 is 1.65 bits per heavy atom. The summed E-state index contributed by atoms with van der Waals surface area (Å²) in [5.74, 6) is -2.93. The molecule has 26 heavy (non-hydrogen) atoms. The van der Waals surface area contributed by atoms with Crippen LogP contribution >= 0.6 is 11.8 Å². The van der Waals surface area contributed by atoms with E-state index in [1.165, 1.54) is 23.9 Å². The lowest BCUT2D eigenvalue weighted by molar-refractivity contribution is 0.102. The molecule has 1 N–H and O–H groups in total. The highest BCUT2D eigenvalue weighted by Gasteiger charge is 2.15. The highest BCUT2D eigenvalue weighted by Crippen LogP contribution is 2.26. The monoisotopic (exact) mass is 371 g/mol. The minimum atomic E-state index is -1.16. The molecule has 132 valence electrons. The number of nitrogens with zero attached hydrogens (tertiary/aromatic N) is 2. The van der Waals surface area contributed by atoms with Gasteiger partial charge in [0.1, 0.15) is 0 Å². The number of amides is 1. The van der Waals surface area contributed by atoms with E-state index in [2.05, 4.69) is 15.3 Å². The first-order valence-corrected chi connectivity index (χ1v) is 8.59. The Bertz CT molecular complexity index is 941. The Balaban J connectivity index is 1.71. The molecule has 0 unspecified atom stereocenters. The number of anilines is 1. The van der Waals surface area contributed by atoms with Gasteiger partial charge >= 0.3 is 0 Å². The van der Waals surface area contributed by atoms with Crippen LogP contribution in [0.2, 0.25) is 0 Å². The first-order chi connectivity index (χ1) is 12.4. The maximum absolute atomic E-state index is 13.7. The number of benzene rings is 2. The van der Waals surface area contributed by atoms with Crippen LogP contribution in [-0.2, 0) is 0 Å². The van der Waals surface area contributed by atoms with Crippen LogP contribution in [0.1, 0.15) is 21.7 Å². The summed E-state index contributed by atoms with van der Waals surface area (Å²) in [5.41, 5.74) is 1.92. The molecule has 3 rings (SSSR count). The lowest BCUT2D eigenvalue weighted by Gasteiger charge is -2.08. The molecule has 0 aliphatic rings. The number of aryl methyl sites for hydroxylation is 2. The van der Waals surface area contributed by atoms with Gasteiger partial charge in [0.05, 0.1) is 5.56 Å². The van der Waals surface area contributed by atoms with Gasteiger partial charge in [-0.15, -0.1) is 0 Å². The summed E-state index contributed by atoms with van der Waals surface area (Å²) in [4.78, 5) is 21.7. The van der Waals surface area contributed by atoms with E-state index in [1.54, 1.807) is 24.3 Å². The largest absolute Gasteiger partial charge is 0.322 e. The molecule has 0 atom stereocenters. The summed E-state index contributed by atoms with van der Waals surface area (Å²) < 4.78 is 26.9. The third-order valence-electron chi connectivity index (χ3n) is 3.48. The van der Waals surface area contributed by atoms with E-state index >= 15 is 0 Å². The predicted octanol–water partition coefficient (Wildman–Crippen LogP) is 4.78. The smallest absolute Gasteiger partial charge is 0.258 e. The standard InChI is InChI=1S/C19H15F2N3OS/c1-11-10-12(2)23-19(22-11)26-14-8-6-13(7-9-14)24-18(25)15-4-3-5-16(20)17(15)21/h3-10H,1-2H3,(H,24,25). The second-order valence-electron chi connectivity index (χ2n) is 5.62. The molecule has 0 saturated heterocycles. The van der Waals surface area contributed by atoms with Gasteiger partial charge in [-0.25, -0.2) is 18.7 Å². The molecule has 0 bridgehead atoms. The van der Waals surface area contributed by atoms with Crippen LogP contribution in [0.15, 0.2) is 58.6 Å². The quantitative estimate of drug-likeness (QED) is 0.671. The van der Waals surface area contributed by atoms with E-state index in [-0.39, 0.29) is 5.56 Å². The topological polar surface area (TPSA) is 54.9 Å². The number of carbonyl (C=O) groups is 1. The van der Waals surface area contributed by atoms with Crippen LogP contribution in [-0.4, -0.2) is 15.9 Å². The van der Waals surface area contributed by atoms with Crippen LogP contribution in [0.5, 0.6) is 0 Å². The Labute approximate surface area is 153 Å². The van der Waals surface area contributed by atoms with Gasteiger partial charge in [0.15, 0.2) is 16.8 Å². The van der Waals surface area contributed by atoms with Gasteiger partial charge in [0, 0.05) is 22.0 Å². The second kappa shape index (κ2) is 7.61. The number of carbonyl (C=O) groups excluding carboxylic acids is 1. The van der Waals surface area contributed by atoms with Gasteiger partial charge in [-0.2, -0.15) is 0 Å². The lowest BCUT2D eigenvalue weighted by atomic mass is 10.2. The molecule has 7 heteroatoms. The van der Waals surface area contributed by atoms with Gasteiger partial charge in [-0.3, -0.25) is 4.79 Å². The second-order valence-corrected chi connectivity index (χ2v) is 6.66. The molecule has 1 aromatic heterocycles. The highest BCUT2D eigenvalue weighted by molar-refractivity contribution is 7.99. The molecule has 2 aromatic carbocycles. The summed E-state index contributed by atoms with van der Waals surface area (Å²) in [5, 5.41) is 3.19. The van der Waals surface area contributed by atoms with Gasteiger partial charge in [0.25, 0.3) is 5.91 Å². The van der Waals surface area contributed by atoms with Crippen molar-refractivity contribution >= 4 is 23.4 Å². The SMILES string of the molecule is Cc1cc(C)nc(Sc2ccc(NC(=O)c3cccc(F)c3F)cc2)n1. The molecular weight excluding hydrogens is 356 g/mol. The molecule has 0 saturated carbocycles. The molecular formula is C19H15F2N3OS. The first kappa shape index (κ1) is 18.0. The zero-order valence-corrected chi connectivity index (χ0v) is 14.9. The normalized spacial score (nSPS) is 10.6. The molecule has 3 aromatic rings. The number of rotatable bonds is 4. The van der Waals surface area contributed by atoms with E-state index in [4.69, 9.17) is 0 Å². The van der Waals surface area contributed by atoms with Crippen molar-refractivity contribution < 1.29 is 13.6 Å². The molecule has 0 spiro atoms. The van der Waals surface area contributed by atoms with E-state index in [0.717, 1.165) is 22.3 Å². The van der Waals surface area contributed by atoms with Crippen LogP contribution in [0.3, 0.4) is 0 Å². The molecule has 0 fully saturated rings. The van der Waals surface area contributed by atoms with E-state index in [0.29, 0.717) is 10.8 Å².